The molecule has 3 aromatic rings. The monoisotopic (exact) mass is 358 g/mol. The molecule has 0 nitrogen and oxygen atoms in total. The predicted molar refractivity (Wildman–Crippen MR) is 95.3 cm³/mol. The Morgan fingerprint density at radius 1 is 0.857 bits per heavy atom. The van der Waals surface area contributed by atoms with Gasteiger partial charge in [0.1, 0.15) is 0 Å². The molecule has 0 bridgehead atoms. The number of aryl methyl sites for hydroxylation is 2. The highest BCUT2D eigenvalue weighted by molar-refractivity contribution is 9.10. The lowest BCUT2D eigenvalue weighted by Crippen LogP contribution is -1.98. The van der Waals surface area contributed by atoms with Crippen LogP contribution in [0.3, 0.4) is 0 Å². The Kier molecular flexibility index (Phi) is 4.05. The average Bonchev–Trinajstić information content (AvgIpc) is 2.47. The molecule has 106 valence electrons. The molecule has 0 radical (unpaired) electrons. The van der Waals surface area contributed by atoms with Gasteiger partial charge in [0, 0.05) is 4.47 Å². The summed E-state index contributed by atoms with van der Waals surface area (Å²) in [6, 6.07) is 19.0. The van der Waals surface area contributed by atoms with Crippen molar-refractivity contribution in [3.8, 4) is 0 Å². The third-order valence-corrected chi connectivity index (χ3v) is 5.04. The number of rotatable bonds is 2. The lowest BCUT2D eigenvalue weighted by Gasteiger charge is -2.16. The van der Waals surface area contributed by atoms with Gasteiger partial charge in [0.2, 0.25) is 0 Å². The SMILES string of the molecule is Cc1ccc(C(Cl)c2ccc(Br)c3ccccc23)c(C)c1. The normalized spacial score (nSPS) is 12.6. The first-order chi connectivity index (χ1) is 10.1. The van der Waals surface area contributed by atoms with E-state index in [1.165, 1.54) is 27.5 Å². The Labute approximate surface area is 138 Å². The Morgan fingerprint density at radius 2 is 1.52 bits per heavy atom. The van der Waals surface area contributed by atoms with E-state index in [-0.39, 0.29) is 5.38 Å². The molecule has 0 N–H and O–H groups in total. The van der Waals surface area contributed by atoms with Crippen molar-refractivity contribution < 1.29 is 0 Å². The van der Waals surface area contributed by atoms with Gasteiger partial charge in [0.05, 0.1) is 5.38 Å². The third-order valence-electron chi connectivity index (χ3n) is 3.88. The fourth-order valence-electron chi connectivity index (χ4n) is 2.78. The molecular formula is C19H16BrCl. The fourth-order valence-corrected chi connectivity index (χ4v) is 3.70. The molecule has 0 amide bonds. The van der Waals surface area contributed by atoms with E-state index in [9.17, 15) is 0 Å². The highest BCUT2D eigenvalue weighted by Crippen LogP contribution is 2.37. The van der Waals surface area contributed by atoms with Gasteiger partial charge in [-0.05, 0) is 47.4 Å². The van der Waals surface area contributed by atoms with E-state index in [0.717, 1.165) is 10.0 Å². The summed E-state index contributed by atoms with van der Waals surface area (Å²) in [5, 5.41) is 2.26. The van der Waals surface area contributed by atoms with Crippen LogP contribution in [0, 0.1) is 13.8 Å². The van der Waals surface area contributed by atoms with Gasteiger partial charge in [0.15, 0.2) is 0 Å². The smallest absolute Gasteiger partial charge is 0.0844 e. The molecule has 0 fully saturated rings. The van der Waals surface area contributed by atoms with Crippen molar-refractivity contribution >= 4 is 38.3 Å². The predicted octanol–water partition coefficient (Wildman–Crippen LogP) is 6.55. The van der Waals surface area contributed by atoms with E-state index in [1.54, 1.807) is 0 Å². The molecule has 0 aliphatic heterocycles. The van der Waals surface area contributed by atoms with E-state index in [1.807, 2.05) is 0 Å². The van der Waals surface area contributed by atoms with Crippen LogP contribution in [0.2, 0.25) is 0 Å². The Hall–Kier alpha value is -1.31. The highest BCUT2D eigenvalue weighted by Gasteiger charge is 2.16. The van der Waals surface area contributed by atoms with Crippen molar-refractivity contribution in [3.05, 3.63) is 81.3 Å². The minimum atomic E-state index is -0.136. The largest absolute Gasteiger partial charge is 0.113 e. The minimum Gasteiger partial charge on any atom is -0.113 e. The first kappa shape index (κ1) is 14.6. The maximum atomic E-state index is 6.81. The average molecular weight is 360 g/mol. The maximum absolute atomic E-state index is 6.81. The molecular weight excluding hydrogens is 344 g/mol. The second-order valence-corrected chi connectivity index (χ2v) is 6.70. The molecule has 0 aromatic heterocycles. The van der Waals surface area contributed by atoms with Crippen molar-refractivity contribution in [2.75, 3.05) is 0 Å². The van der Waals surface area contributed by atoms with Crippen LogP contribution >= 0.6 is 27.5 Å². The zero-order valence-electron chi connectivity index (χ0n) is 12.0. The number of alkyl halides is 1. The Bertz CT molecular complexity index is 808. The van der Waals surface area contributed by atoms with Gasteiger partial charge in [-0.2, -0.15) is 0 Å². The van der Waals surface area contributed by atoms with Crippen molar-refractivity contribution in [2.45, 2.75) is 19.2 Å². The van der Waals surface area contributed by atoms with Crippen LogP contribution in [0.5, 0.6) is 0 Å². The van der Waals surface area contributed by atoms with Gasteiger partial charge in [-0.3, -0.25) is 0 Å². The molecule has 2 heteroatoms. The standard InChI is InChI=1S/C19H16BrCl/c1-12-7-8-14(13(2)11-12)19(21)17-9-10-18(20)16-6-4-3-5-15(16)17/h3-11,19H,1-2H3. The second kappa shape index (κ2) is 5.82. The molecule has 0 heterocycles. The van der Waals surface area contributed by atoms with Crippen LogP contribution < -0.4 is 0 Å². The quantitative estimate of drug-likeness (QED) is 0.455. The molecule has 1 atom stereocenters. The Balaban J connectivity index is 2.18. The van der Waals surface area contributed by atoms with E-state index in [2.05, 4.69) is 84.4 Å². The summed E-state index contributed by atoms with van der Waals surface area (Å²) in [6.07, 6.45) is 0. The first-order valence-electron chi connectivity index (χ1n) is 6.96. The van der Waals surface area contributed by atoms with Crippen LogP contribution in [-0.4, -0.2) is 0 Å². The van der Waals surface area contributed by atoms with Crippen LogP contribution in [0.15, 0.2) is 59.1 Å². The Morgan fingerprint density at radius 3 is 2.24 bits per heavy atom. The van der Waals surface area contributed by atoms with Gasteiger partial charge in [-0.15, -0.1) is 11.6 Å². The first-order valence-corrected chi connectivity index (χ1v) is 8.19. The summed E-state index contributed by atoms with van der Waals surface area (Å²) in [5.74, 6) is 0. The number of hydrogen-bond acceptors (Lipinski definition) is 0. The van der Waals surface area contributed by atoms with Gasteiger partial charge in [0.25, 0.3) is 0 Å². The lowest BCUT2D eigenvalue weighted by molar-refractivity contribution is 1.12. The summed E-state index contributed by atoms with van der Waals surface area (Å²) in [5.41, 5.74) is 4.83. The molecule has 0 aliphatic carbocycles. The summed E-state index contributed by atoms with van der Waals surface area (Å²) in [4.78, 5) is 0. The molecule has 0 spiro atoms. The summed E-state index contributed by atoms with van der Waals surface area (Å²) >= 11 is 10.4. The van der Waals surface area contributed by atoms with Crippen LogP contribution in [0.4, 0.5) is 0 Å². The third kappa shape index (κ3) is 2.73. The van der Waals surface area contributed by atoms with E-state index >= 15 is 0 Å². The summed E-state index contributed by atoms with van der Waals surface area (Å²) < 4.78 is 1.10. The molecule has 0 saturated carbocycles. The zero-order valence-corrected chi connectivity index (χ0v) is 14.4. The van der Waals surface area contributed by atoms with Gasteiger partial charge in [-0.25, -0.2) is 0 Å². The topological polar surface area (TPSA) is 0 Å². The van der Waals surface area contributed by atoms with Gasteiger partial charge >= 0.3 is 0 Å². The lowest BCUT2D eigenvalue weighted by atomic mass is 9.95. The van der Waals surface area contributed by atoms with Crippen molar-refractivity contribution in [2.24, 2.45) is 0 Å². The molecule has 3 aromatic carbocycles. The summed E-state index contributed by atoms with van der Waals surface area (Å²) in [7, 11) is 0. The maximum Gasteiger partial charge on any atom is 0.0844 e. The number of benzene rings is 3. The fraction of sp³-hybridized carbons (Fsp3) is 0.158. The highest BCUT2D eigenvalue weighted by atomic mass is 79.9. The number of halogens is 2. The molecule has 0 aliphatic rings. The van der Waals surface area contributed by atoms with Crippen molar-refractivity contribution in [1.82, 2.24) is 0 Å². The van der Waals surface area contributed by atoms with E-state index in [4.69, 9.17) is 11.6 Å². The van der Waals surface area contributed by atoms with Crippen LogP contribution in [0.25, 0.3) is 10.8 Å². The molecule has 1 unspecified atom stereocenters. The minimum absolute atomic E-state index is 0.136. The summed E-state index contributed by atoms with van der Waals surface area (Å²) in [6.45, 7) is 4.23. The molecule has 21 heavy (non-hydrogen) atoms. The molecule has 3 rings (SSSR count). The van der Waals surface area contributed by atoms with Crippen LogP contribution in [0.1, 0.15) is 27.6 Å². The van der Waals surface area contributed by atoms with Crippen molar-refractivity contribution in [3.63, 3.8) is 0 Å². The second-order valence-electron chi connectivity index (χ2n) is 5.40. The van der Waals surface area contributed by atoms with E-state index < -0.39 is 0 Å². The number of fused-ring (bicyclic) bond motifs is 1. The van der Waals surface area contributed by atoms with E-state index in [0.29, 0.717) is 0 Å². The zero-order chi connectivity index (χ0) is 15.0. The molecule has 0 saturated heterocycles. The van der Waals surface area contributed by atoms with Gasteiger partial charge < -0.3 is 0 Å². The van der Waals surface area contributed by atoms with Gasteiger partial charge in [-0.1, -0.05) is 70.0 Å². The van der Waals surface area contributed by atoms with Crippen molar-refractivity contribution in [1.29, 1.82) is 0 Å². The number of hydrogen-bond donors (Lipinski definition) is 0. The van der Waals surface area contributed by atoms with Crippen LogP contribution in [-0.2, 0) is 0 Å².